The van der Waals surface area contributed by atoms with E-state index in [0.717, 1.165) is 35.5 Å². The second-order valence-electron chi connectivity index (χ2n) is 5.80. The fraction of sp³-hybridized carbons (Fsp3) is 0.769. The van der Waals surface area contributed by atoms with Crippen LogP contribution >= 0.6 is 0 Å². The van der Waals surface area contributed by atoms with Gasteiger partial charge in [-0.15, -0.1) is 0 Å². The third kappa shape index (κ3) is 0.687. The average molecular weight is 188 g/mol. The lowest BCUT2D eigenvalue weighted by atomic mass is 9.70. The van der Waals surface area contributed by atoms with Crippen molar-refractivity contribution in [3.63, 3.8) is 0 Å². The van der Waals surface area contributed by atoms with Gasteiger partial charge >= 0.3 is 0 Å². The molecule has 1 heteroatoms. The number of carbonyl (C=O) groups is 1. The molecule has 74 valence electrons. The first-order valence-corrected chi connectivity index (χ1v) is 6.02. The Labute approximate surface area is 84.6 Å². The Morgan fingerprint density at radius 1 is 1.00 bits per heavy atom. The minimum Gasteiger partial charge on any atom is -0.303 e. The molecule has 0 spiro atoms. The number of aldehydes is 1. The monoisotopic (exact) mass is 188 g/mol. The summed E-state index contributed by atoms with van der Waals surface area (Å²) < 4.78 is 0. The van der Waals surface area contributed by atoms with Crippen molar-refractivity contribution < 1.29 is 4.79 Å². The molecule has 14 heavy (non-hydrogen) atoms. The predicted molar refractivity (Wildman–Crippen MR) is 53.5 cm³/mol. The number of rotatable bonds is 1. The van der Waals surface area contributed by atoms with Gasteiger partial charge in [-0.25, -0.2) is 0 Å². The molecule has 0 heterocycles. The van der Waals surface area contributed by atoms with E-state index < -0.39 is 0 Å². The highest BCUT2D eigenvalue weighted by Gasteiger charge is 2.60. The van der Waals surface area contributed by atoms with Crippen LogP contribution in [-0.4, -0.2) is 6.29 Å². The first-order valence-electron chi connectivity index (χ1n) is 6.02. The second kappa shape index (κ2) is 2.32. The van der Waals surface area contributed by atoms with Gasteiger partial charge in [0.25, 0.3) is 0 Å². The van der Waals surface area contributed by atoms with Crippen LogP contribution < -0.4 is 0 Å². The normalized spacial score (nSPS) is 62.1. The van der Waals surface area contributed by atoms with Crippen LogP contribution in [0.4, 0.5) is 0 Å². The van der Waals surface area contributed by atoms with Crippen molar-refractivity contribution >= 4 is 6.29 Å². The highest BCUT2D eigenvalue weighted by atomic mass is 16.1. The zero-order chi connectivity index (χ0) is 9.28. The van der Waals surface area contributed by atoms with E-state index in [9.17, 15) is 4.79 Å². The van der Waals surface area contributed by atoms with Gasteiger partial charge in [-0.1, -0.05) is 12.2 Å². The Morgan fingerprint density at radius 3 is 2.57 bits per heavy atom. The predicted octanol–water partition coefficient (Wildman–Crippen LogP) is 2.28. The van der Waals surface area contributed by atoms with Crippen LogP contribution in [0.25, 0.3) is 0 Å². The Balaban J connectivity index is 1.75. The van der Waals surface area contributed by atoms with E-state index >= 15 is 0 Å². The lowest BCUT2D eigenvalue weighted by molar-refractivity contribution is -0.113. The summed E-state index contributed by atoms with van der Waals surface area (Å²) in [6.45, 7) is 0. The molecule has 1 nitrogen and oxygen atoms in total. The van der Waals surface area contributed by atoms with E-state index in [1.807, 2.05) is 0 Å². The SMILES string of the molecule is O=CC1CC2CC1C1C3C=CC(C3)C21. The fourth-order valence-corrected chi connectivity index (χ4v) is 5.22. The molecule has 0 aromatic carbocycles. The standard InChI is InChI=1S/C13H16O/c14-6-10-4-9-5-11(10)13-8-2-1-7(3-8)12(9)13/h1-2,6-13H,3-5H2. The van der Waals surface area contributed by atoms with E-state index in [0.29, 0.717) is 5.92 Å². The summed E-state index contributed by atoms with van der Waals surface area (Å²) in [6.07, 6.45) is 10.1. The van der Waals surface area contributed by atoms with Crippen molar-refractivity contribution in [3.8, 4) is 0 Å². The Hall–Kier alpha value is -0.590. The van der Waals surface area contributed by atoms with Crippen molar-refractivity contribution in [2.45, 2.75) is 19.3 Å². The lowest BCUT2D eigenvalue weighted by Crippen LogP contribution is -2.31. The molecule has 3 fully saturated rings. The van der Waals surface area contributed by atoms with Crippen molar-refractivity contribution in [1.29, 1.82) is 0 Å². The lowest BCUT2D eigenvalue weighted by Gasteiger charge is -2.34. The van der Waals surface area contributed by atoms with E-state index in [1.165, 1.54) is 25.5 Å². The highest BCUT2D eigenvalue weighted by molar-refractivity contribution is 5.55. The smallest absolute Gasteiger partial charge is 0.123 e. The summed E-state index contributed by atoms with van der Waals surface area (Å²) in [5.74, 6) is 5.72. The molecular weight excluding hydrogens is 172 g/mol. The molecule has 0 aromatic rings. The van der Waals surface area contributed by atoms with Gasteiger partial charge in [0.1, 0.15) is 6.29 Å². The number of hydrogen-bond donors (Lipinski definition) is 0. The van der Waals surface area contributed by atoms with Gasteiger partial charge in [-0.05, 0) is 54.8 Å². The largest absolute Gasteiger partial charge is 0.303 e. The third-order valence-electron chi connectivity index (χ3n) is 5.50. The summed E-state index contributed by atoms with van der Waals surface area (Å²) in [5.41, 5.74) is 0. The summed E-state index contributed by atoms with van der Waals surface area (Å²) in [5, 5.41) is 0. The van der Waals surface area contributed by atoms with Gasteiger partial charge < -0.3 is 4.79 Å². The Kier molecular flexibility index (Phi) is 1.27. The van der Waals surface area contributed by atoms with Crippen molar-refractivity contribution in [2.75, 3.05) is 0 Å². The van der Waals surface area contributed by atoms with E-state index in [2.05, 4.69) is 12.2 Å². The van der Waals surface area contributed by atoms with E-state index in [4.69, 9.17) is 0 Å². The molecule has 0 aromatic heterocycles. The number of carbonyl (C=O) groups excluding carboxylic acids is 1. The van der Waals surface area contributed by atoms with Gasteiger partial charge in [-0.3, -0.25) is 0 Å². The average Bonchev–Trinajstić information content (AvgIpc) is 2.94. The zero-order valence-corrected chi connectivity index (χ0v) is 8.30. The van der Waals surface area contributed by atoms with Gasteiger partial charge in [0.05, 0.1) is 0 Å². The van der Waals surface area contributed by atoms with Crippen LogP contribution in [0, 0.1) is 41.4 Å². The summed E-state index contributed by atoms with van der Waals surface area (Å²) in [6, 6.07) is 0. The van der Waals surface area contributed by atoms with Gasteiger partial charge in [0, 0.05) is 5.92 Å². The molecule has 7 unspecified atom stereocenters. The summed E-state index contributed by atoms with van der Waals surface area (Å²) in [4.78, 5) is 11.0. The topological polar surface area (TPSA) is 17.1 Å². The molecule has 0 radical (unpaired) electrons. The minimum absolute atomic E-state index is 0.425. The third-order valence-corrected chi connectivity index (χ3v) is 5.50. The fourth-order valence-electron chi connectivity index (χ4n) is 5.22. The molecule has 0 N–H and O–H groups in total. The van der Waals surface area contributed by atoms with Gasteiger partial charge in [-0.2, -0.15) is 0 Å². The number of fused-ring (bicyclic) bond motifs is 9. The van der Waals surface area contributed by atoms with E-state index in [-0.39, 0.29) is 0 Å². The molecule has 7 atom stereocenters. The van der Waals surface area contributed by atoms with Crippen LogP contribution in [0.1, 0.15) is 19.3 Å². The molecule has 0 aliphatic heterocycles. The maximum absolute atomic E-state index is 11.0. The Morgan fingerprint density at radius 2 is 1.79 bits per heavy atom. The molecule has 4 aliphatic carbocycles. The van der Waals surface area contributed by atoms with Crippen LogP contribution in [0.15, 0.2) is 12.2 Å². The van der Waals surface area contributed by atoms with Crippen LogP contribution in [-0.2, 0) is 4.79 Å². The maximum atomic E-state index is 11.0. The molecule has 0 saturated heterocycles. The Bertz CT molecular complexity index is 319. The van der Waals surface area contributed by atoms with Crippen LogP contribution in [0.2, 0.25) is 0 Å². The molecule has 0 amide bonds. The van der Waals surface area contributed by atoms with Crippen LogP contribution in [0.3, 0.4) is 0 Å². The number of hydrogen-bond acceptors (Lipinski definition) is 1. The highest BCUT2D eigenvalue weighted by Crippen LogP contribution is 2.66. The molecule has 4 bridgehead atoms. The first kappa shape index (κ1) is 7.67. The summed E-state index contributed by atoms with van der Waals surface area (Å²) in [7, 11) is 0. The molecule has 3 saturated carbocycles. The van der Waals surface area contributed by atoms with Gasteiger partial charge in [0.15, 0.2) is 0 Å². The molecule has 4 rings (SSSR count). The van der Waals surface area contributed by atoms with Gasteiger partial charge in [0.2, 0.25) is 0 Å². The first-order chi connectivity index (χ1) is 6.88. The second-order valence-corrected chi connectivity index (χ2v) is 5.80. The molecular formula is C13H16O. The molecule has 4 aliphatic rings. The quantitative estimate of drug-likeness (QED) is 0.350. The zero-order valence-electron chi connectivity index (χ0n) is 8.30. The van der Waals surface area contributed by atoms with Crippen LogP contribution in [0.5, 0.6) is 0 Å². The minimum atomic E-state index is 0.425. The summed E-state index contributed by atoms with van der Waals surface area (Å²) >= 11 is 0. The van der Waals surface area contributed by atoms with Crippen molar-refractivity contribution in [3.05, 3.63) is 12.2 Å². The maximum Gasteiger partial charge on any atom is 0.123 e. The van der Waals surface area contributed by atoms with Crippen molar-refractivity contribution in [1.82, 2.24) is 0 Å². The number of allylic oxidation sites excluding steroid dienone is 2. The van der Waals surface area contributed by atoms with E-state index in [1.54, 1.807) is 0 Å². The van der Waals surface area contributed by atoms with Crippen molar-refractivity contribution in [2.24, 2.45) is 41.4 Å².